The smallest absolute Gasteiger partial charge is 0.146 e. The molecule has 3 rings (SSSR count). The van der Waals surface area contributed by atoms with Gasteiger partial charge in [-0.15, -0.1) is 0 Å². The van der Waals surface area contributed by atoms with Gasteiger partial charge in [-0.05, 0) is 11.6 Å². The molecule has 0 atom stereocenters. The number of hydrogen-bond donors (Lipinski definition) is 2. The van der Waals surface area contributed by atoms with Crippen molar-refractivity contribution in [3.63, 3.8) is 0 Å². The van der Waals surface area contributed by atoms with Crippen LogP contribution in [0.25, 0.3) is 10.9 Å². The van der Waals surface area contributed by atoms with Crippen molar-refractivity contribution in [3.8, 4) is 5.75 Å². The van der Waals surface area contributed by atoms with Gasteiger partial charge in [0.25, 0.3) is 0 Å². The van der Waals surface area contributed by atoms with Crippen molar-refractivity contribution < 1.29 is 4.74 Å². The minimum absolute atomic E-state index is 0.484. The summed E-state index contributed by atoms with van der Waals surface area (Å²) >= 11 is 0. The second-order valence-electron chi connectivity index (χ2n) is 4.55. The number of pyridine rings is 1. The summed E-state index contributed by atoms with van der Waals surface area (Å²) in [4.78, 5) is 4.32. The van der Waals surface area contributed by atoms with Crippen molar-refractivity contribution in [2.75, 3.05) is 11.5 Å². The summed E-state index contributed by atoms with van der Waals surface area (Å²) in [6, 6.07) is 15.6. The van der Waals surface area contributed by atoms with Crippen molar-refractivity contribution in [3.05, 3.63) is 60.3 Å². The second-order valence-corrected chi connectivity index (χ2v) is 4.55. The summed E-state index contributed by atoms with van der Waals surface area (Å²) in [5, 5.41) is 0.815. The van der Waals surface area contributed by atoms with Crippen molar-refractivity contribution in [1.82, 2.24) is 4.98 Å². The fourth-order valence-corrected chi connectivity index (χ4v) is 2.08. The van der Waals surface area contributed by atoms with E-state index in [0.29, 0.717) is 23.7 Å². The van der Waals surface area contributed by atoms with Crippen molar-refractivity contribution in [2.45, 2.75) is 6.61 Å². The minimum Gasteiger partial charge on any atom is -0.487 e. The summed E-state index contributed by atoms with van der Waals surface area (Å²) in [6.07, 6.45) is 1.56. The second kappa shape index (κ2) is 5.09. The van der Waals surface area contributed by atoms with Crippen LogP contribution in [-0.2, 0) is 6.61 Å². The maximum absolute atomic E-state index is 5.97. The fourth-order valence-electron chi connectivity index (χ4n) is 2.08. The Morgan fingerprint density at radius 3 is 2.55 bits per heavy atom. The molecule has 0 aliphatic heterocycles. The average molecular weight is 265 g/mol. The molecule has 20 heavy (non-hydrogen) atoms. The third-order valence-electron chi connectivity index (χ3n) is 3.17. The van der Waals surface area contributed by atoms with Crippen molar-refractivity contribution in [2.24, 2.45) is 0 Å². The Kier molecular flexibility index (Phi) is 3.13. The van der Waals surface area contributed by atoms with Gasteiger partial charge >= 0.3 is 0 Å². The number of nitrogens with zero attached hydrogens (tertiary/aromatic N) is 1. The van der Waals surface area contributed by atoms with Crippen LogP contribution >= 0.6 is 0 Å². The first-order valence-electron chi connectivity index (χ1n) is 6.35. The molecule has 0 amide bonds. The molecule has 100 valence electrons. The van der Waals surface area contributed by atoms with Crippen LogP contribution in [0.5, 0.6) is 5.75 Å². The molecular formula is C16H15N3O. The van der Waals surface area contributed by atoms with Gasteiger partial charge in [-0.25, -0.2) is 0 Å². The highest BCUT2D eigenvalue weighted by molar-refractivity contribution is 5.98. The molecule has 0 spiro atoms. The van der Waals surface area contributed by atoms with E-state index in [0.717, 1.165) is 16.5 Å². The normalized spacial score (nSPS) is 10.6. The van der Waals surface area contributed by atoms with Gasteiger partial charge in [-0.3, -0.25) is 4.98 Å². The first-order valence-corrected chi connectivity index (χ1v) is 6.35. The Labute approximate surface area is 117 Å². The van der Waals surface area contributed by atoms with Gasteiger partial charge < -0.3 is 16.2 Å². The maximum Gasteiger partial charge on any atom is 0.146 e. The Morgan fingerprint density at radius 1 is 0.950 bits per heavy atom. The van der Waals surface area contributed by atoms with Gasteiger partial charge in [0.1, 0.15) is 17.9 Å². The van der Waals surface area contributed by atoms with E-state index in [4.69, 9.17) is 16.2 Å². The molecule has 0 bridgehead atoms. The Morgan fingerprint density at radius 2 is 1.75 bits per heavy atom. The largest absolute Gasteiger partial charge is 0.487 e. The van der Waals surface area contributed by atoms with Crippen LogP contribution < -0.4 is 16.2 Å². The summed E-state index contributed by atoms with van der Waals surface area (Å²) in [5.74, 6) is 0.707. The molecule has 0 saturated heterocycles. The van der Waals surface area contributed by atoms with E-state index in [-0.39, 0.29) is 0 Å². The number of hydrogen-bond acceptors (Lipinski definition) is 4. The van der Waals surface area contributed by atoms with E-state index in [1.165, 1.54) is 0 Å². The highest BCUT2D eigenvalue weighted by atomic mass is 16.5. The lowest BCUT2D eigenvalue weighted by atomic mass is 10.1. The molecule has 1 aromatic heterocycles. The van der Waals surface area contributed by atoms with E-state index in [9.17, 15) is 0 Å². The molecule has 3 aromatic rings. The zero-order valence-electron chi connectivity index (χ0n) is 10.9. The molecule has 0 saturated carbocycles. The maximum atomic E-state index is 5.97. The average Bonchev–Trinajstić information content (AvgIpc) is 2.50. The summed E-state index contributed by atoms with van der Waals surface area (Å²) in [7, 11) is 0. The molecule has 0 fully saturated rings. The predicted molar refractivity (Wildman–Crippen MR) is 81.3 cm³/mol. The lowest BCUT2D eigenvalue weighted by molar-refractivity contribution is 0.309. The zero-order valence-corrected chi connectivity index (χ0v) is 10.9. The molecule has 1 heterocycles. The molecule has 0 aliphatic carbocycles. The number of fused-ring (bicyclic) bond motifs is 1. The number of rotatable bonds is 3. The third-order valence-corrected chi connectivity index (χ3v) is 3.17. The molecule has 4 heteroatoms. The van der Waals surface area contributed by atoms with E-state index in [2.05, 4.69) is 4.98 Å². The van der Waals surface area contributed by atoms with Crippen LogP contribution in [0.15, 0.2) is 54.7 Å². The zero-order chi connectivity index (χ0) is 13.9. The Hall–Kier alpha value is -2.75. The fraction of sp³-hybridized carbons (Fsp3) is 0.0625. The SMILES string of the molecule is Nc1cnc2c(OCc3ccccc3)cccc2c1N. The standard InChI is InChI=1S/C16H15N3O/c17-13-9-19-16-12(15(13)18)7-4-8-14(16)20-10-11-5-2-1-3-6-11/h1-9H,10,17H2,(H2,18,19). The van der Waals surface area contributed by atoms with Gasteiger partial charge in [0, 0.05) is 5.39 Å². The first kappa shape index (κ1) is 12.3. The van der Waals surface area contributed by atoms with Gasteiger partial charge in [0.2, 0.25) is 0 Å². The first-order chi connectivity index (χ1) is 9.75. The topological polar surface area (TPSA) is 74.2 Å². The number of anilines is 2. The molecule has 0 radical (unpaired) electrons. The number of para-hydroxylation sites is 1. The lowest BCUT2D eigenvalue weighted by Gasteiger charge is -2.10. The highest BCUT2D eigenvalue weighted by Gasteiger charge is 2.08. The molecular weight excluding hydrogens is 250 g/mol. The van der Waals surface area contributed by atoms with E-state index in [1.54, 1.807) is 6.20 Å². The van der Waals surface area contributed by atoms with Crippen LogP contribution in [0, 0.1) is 0 Å². The van der Waals surface area contributed by atoms with Crippen molar-refractivity contribution >= 4 is 22.3 Å². The summed E-state index contributed by atoms with van der Waals surface area (Å²) in [6.45, 7) is 0.492. The number of nitrogens with two attached hydrogens (primary N) is 2. The number of benzene rings is 2. The van der Waals surface area contributed by atoms with Crippen LogP contribution in [0.2, 0.25) is 0 Å². The van der Waals surface area contributed by atoms with Gasteiger partial charge in [-0.2, -0.15) is 0 Å². The summed E-state index contributed by atoms with van der Waals surface area (Å²) in [5.41, 5.74) is 14.6. The van der Waals surface area contributed by atoms with Gasteiger partial charge in [0.15, 0.2) is 0 Å². The lowest BCUT2D eigenvalue weighted by Crippen LogP contribution is -2.00. The molecule has 2 aromatic carbocycles. The molecule has 0 aliphatic rings. The molecule has 0 unspecified atom stereocenters. The van der Waals surface area contributed by atoms with E-state index >= 15 is 0 Å². The molecule has 4 N–H and O–H groups in total. The van der Waals surface area contributed by atoms with Crippen LogP contribution in [-0.4, -0.2) is 4.98 Å². The third kappa shape index (κ3) is 2.23. The number of ether oxygens (including phenoxy) is 1. The Bertz CT molecular complexity index is 741. The van der Waals surface area contributed by atoms with Crippen LogP contribution in [0.3, 0.4) is 0 Å². The quantitative estimate of drug-likeness (QED) is 0.763. The predicted octanol–water partition coefficient (Wildman–Crippen LogP) is 2.98. The highest BCUT2D eigenvalue weighted by Crippen LogP contribution is 2.30. The van der Waals surface area contributed by atoms with E-state index < -0.39 is 0 Å². The minimum atomic E-state index is 0.484. The van der Waals surface area contributed by atoms with Crippen molar-refractivity contribution in [1.29, 1.82) is 0 Å². The van der Waals surface area contributed by atoms with Crippen LogP contribution in [0.4, 0.5) is 11.4 Å². The summed E-state index contributed by atoms with van der Waals surface area (Å²) < 4.78 is 5.84. The Balaban J connectivity index is 1.94. The van der Waals surface area contributed by atoms with Gasteiger partial charge in [-0.1, -0.05) is 42.5 Å². The van der Waals surface area contributed by atoms with Gasteiger partial charge in [0.05, 0.1) is 17.6 Å². The number of aromatic nitrogens is 1. The molecule has 4 nitrogen and oxygen atoms in total. The van der Waals surface area contributed by atoms with Crippen LogP contribution in [0.1, 0.15) is 5.56 Å². The number of nitrogen functional groups attached to an aromatic ring is 2. The monoisotopic (exact) mass is 265 g/mol. The van der Waals surface area contributed by atoms with E-state index in [1.807, 2.05) is 48.5 Å².